The molecule has 0 saturated heterocycles. The van der Waals surface area contributed by atoms with Crippen molar-refractivity contribution in [3.63, 3.8) is 0 Å². The zero-order valence-electron chi connectivity index (χ0n) is 13.5. The molecule has 1 heterocycles. The number of aromatic hydroxyl groups is 3. The second-order valence-electron chi connectivity index (χ2n) is 5.70. The van der Waals surface area contributed by atoms with Crippen LogP contribution in [0.3, 0.4) is 0 Å². The van der Waals surface area contributed by atoms with Crippen molar-refractivity contribution in [3.8, 4) is 28.7 Å². The minimum absolute atomic E-state index is 0.125. The van der Waals surface area contributed by atoms with Gasteiger partial charge in [-0.2, -0.15) is 8.42 Å². The van der Waals surface area contributed by atoms with Crippen molar-refractivity contribution in [2.45, 2.75) is 18.6 Å². The van der Waals surface area contributed by atoms with E-state index in [-0.39, 0.29) is 23.7 Å². The molecule has 0 saturated carbocycles. The van der Waals surface area contributed by atoms with Gasteiger partial charge in [-0.25, -0.2) is 0 Å². The van der Waals surface area contributed by atoms with Crippen molar-refractivity contribution in [3.05, 3.63) is 41.5 Å². The Balaban J connectivity index is 1.96. The second-order valence-corrected chi connectivity index (χ2v) is 6.72. The normalized spacial score (nSPS) is 19.5. The van der Waals surface area contributed by atoms with Crippen LogP contribution in [0.2, 0.25) is 0 Å². The van der Waals surface area contributed by atoms with Crippen LogP contribution in [0, 0.1) is 0 Å². The number of hydrogen-bond acceptors (Lipinski definition) is 8. The van der Waals surface area contributed by atoms with E-state index in [9.17, 15) is 23.7 Å². The molecule has 2 aromatic rings. The number of phenolic OH excluding ortho intramolecular Hbond substituents is 3. The number of benzene rings is 2. The van der Waals surface area contributed by atoms with E-state index < -0.39 is 34.1 Å². The van der Waals surface area contributed by atoms with Gasteiger partial charge in [-0.1, -0.05) is 6.07 Å². The summed E-state index contributed by atoms with van der Waals surface area (Å²) in [7, 11) is -3.32. The predicted octanol–water partition coefficient (Wildman–Crippen LogP) is 1.68. The monoisotopic (exact) mass is 384 g/mol. The Morgan fingerprint density at radius 1 is 1.12 bits per heavy atom. The highest BCUT2D eigenvalue weighted by atomic mass is 32.3. The first-order valence-electron chi connectivity index (χ1n) is 7.42. The molecule has 0 amide bonds. The maximum Gasteiger partial charge on any atom is 0.446 e. The summed E-state index contributed by atoms with van der Waals surface area (Å²) >= 11 is 0. The molecule has 0 spiro atoms. The Bertz CT molecular complexity index is 939. The first-order chi connectivity index (χ1) is 12.2. The highest BCUT2D eigenvalue weighted by Crippen LogP contribution is 2.43. The maximum atomic E-state index is 10.8. The van der Waals surface area contributed by atoms with Gasteiger partial charge in [0.1, 0.15) is 23.4 Å². The minimum Gasteiger partial charge on any atom is -0.508 e. The predicted molar refractivity (Wildman–Crippen MR) is 87.9 cm³/mol. The average Bonchev–Trinajstić information content (AvgIpc) is 2.54. The third-order valence-electron chi connectivity index (χ3n) is 3.98. The molecule has 1 aliphatic rings. The van der Waals surface area contributed by atoms with E-state index in [1.165, 1.54) is 31.4 Å². The van der Waals surface area contributed by atoms with Crippen molar-refractivity contribution >= 4 is 10.4 Å². The molecule has 10 heteroatoms. The Morgan fingerprint density at radius 2 is 1.85 bits per heavy atom. The highest BCUT2D eigenvalue weighted by molar-refractivity contribution is 7.81. The van der Waals surface area contributed by atoms with Crippen LogP contribution < -0.4 is 8.92 Å². The van der Waals surface area contributed by atoms with Crippen LogP contribution in [0.25, 0.3) is 0 Å². The molecule has 26 heavy (non-hydrogen) atoms. The van der Waals surface area contributed by atoms with E-state index in [0.717, 1.165) is 6.07 Å². The van der Waals surface area contributed by atoms with Gasteiger partial charge in [0, 0.05) is 31.2 Å². The van der Waals surface area contributed by atoms with E-state index in [0.29, 0.717) is 11.1 Å². The molecular weight excluding hydrogens is 368 g/mol. The third-order valence-corrected chi connectivity index (χ3v) is 4.37. The number of hydrogen-bond donors (Lipinski definition) is 4. The van der Waals surface area contributed by atoms with Gasteiger partial charge in [0.25, 0.3) is 0 Å². The number of methoxy groups -OCH3 is 1. The van der Waals surface area contributed by atoms with Crippen LogP contribution >= 0.6 is 0 Å². The summed E-state index contributed by atoms with van der Waals surface area (Å²) in [6.07, 6.45) is -0.947. The van der Waals surface area contributed by atoms with E-state index in [2.05, 4.69) is 4.18 Å². The van der Waals surface area contributed by atoms with E-state index in [1.807, 2.05) is 0 Å². The fraction of sp³-hybridized carbons (Fsp3) is 0.250. The largest absolute Gasteiger partial charge is 0.508 e. The summed E-state index contributed by atoms with van der Waals surface area (Å²) in [4.78, 5) is 0. The first kappa shape index (κ1) is 18.1. The van der Waals surface area contributed by atoms with Gasteiger partial charge in [-0.15, -0.1) is 0 Å². The number of ether oxygens (including phenoxy) is 2. The van der Waals surface area contributed by atoms with Gasteiger partial charge < -0.3 is 29.0 Å². The lowest BCUT2D eigenvalue weighted by molar-refractivity contribution is -0.0122. The van der Waals surface area contributed by atoms with Gasteiger partial charge in [-0.05, 0) is 17.7 Å². The Labute approximate surface area is 149 Å². The highest BCUT2D eigenvalue weighted by Gasteiger charge is 2.34. The van der Waals surface area contributed by atoms with Gasteiger partial charge in [-0.3, -0.25) is 4.55 Å². The first-order valence-corrected chi connectivity index (χ1v) is 8.78. The fourth-order valence-corrected chi connectivity index (χ4v) is 3.20. The topological polar surface area (TPSA) is 143 Å². The zero-order chi connectivity index (χ0) is 19.1. The van der Waals surface area contributed by atoms with Crippen molar-refractivity contribution in [1.29, 1.82) is 0 Å². The van der Waals surface area contributed by atoms with Crippen LogP contribution in [-0.2, 0) is 21.6 Å². The van der Waals surface area contributed by atoms with Crippen LogP contribution in [0.1, 0.15) is 17.2 Å². The number of phenols is 3. The Morgan fingerprint density at radius 3 is 2.46 bits per heavy atom. The third kappa shape index (κ3) is 3.62. The maximum absolute atomic E-state index is 10.8. The van der Waals surface area contributed by atoms with Gasteiger partial charge in [0.05, 0.1) is 0 Å². The Kier molecular flexibility index (Phi) is 4.57. The molecule has 0 aliphatic carbocycles. The quantitative estimate of drug-likeness (QED) is 0.579. The van der Waals surface area contributed by atoms with E-state index >= 15 is 0 Å². The summed E-state index contributed by atoms with van der Waals surface area (Å²) < 4.78 is 45.7. The molecule has 0 bridgehead atoms. The molecule has 2 atom stereocenters. The number of rotatable bonds is 4. The van der Waals surface area contributed by atoms with E-state index in [4.69, 9.17) is 14.0 Å². The average molecular weight is 384 g/mol. The van der Waals surface area contributed by atoms with E-state index in [1.54, 1.807) is 0 Å². The standard InChI is InChI=1S/C16H16O9S/c1-23-15-7-10-11(18)5-9(17)6-14(10)24-16(15)8-2-3-13(12(19)4-8)25-26(20,21)22/h2-6,15-19H,7H2,1H3,(H,20,21,22). The molecule has 3 rings (SSSR count). The molecule has 140 valence electrons. The van der Waals surface area contributed by atoms with Crippen LogP contribution in [0.5, 0.6) is 28.7 Å². The van der Waals surface area contributed by atoms with Crippen LogP contribution in [0.4, 0.5) is 0 Å². The molecule has 0 fully saturated rings. The summed E-state index contributed by atoms with van der Waals surface area (Å²) in [5.41, 5.74) is 0.909. The smallest absolute Gasteiger partial charge is 0.446 e. The summed E-state index contributed by atoms with van der Waals surface area (Å²) in [5.74, 6) is -1.01. The summed E-state index contributed by atoms with van der Waals surface area (Å²) in [6.45, 7) is 0. The lowest BCUT2D eigenvalue weighted by atomic mass is 9.93. The second kappa shape index (κ2) is 6.56. The molecule has 2 unspecified atom stereocenters. The van der Waals surface area contributed by atoms with Gasteiger partial charge in [0.2, 0.25) is 0 Å². The molecule has 0 radical (unpaired) electrons. The van der Waals surface area contributed by atoms with Crippen molar-refractivity contribution < 1.29 is 41.9 Å². The fourth-order valence-electron chi connectivity index (χ4n) is 2.83. The van der Waals surface area contributed by atoms with Gasteiger partial charge in [0.15, 0.2) is 17.6 Å². The molecule has 1 aliphatic heterocycles. The number of fused-ring (bicyclic) bond motifs is 1. The molecule has 0 aromatic heterocycles. The lowest BCUT2D eigenvalue weighted by Crippen LogP contribution is -2.32. The minimum atomic E-state index is -4.77. The lowest BCUT2D eigenvalue weighted by Gasteiger charge is -2.33. The molecule has 2 aromatic carbocycles. The van der Waals surface area contributed by atoms with Crippen LogP contribution in [0.15, 0.2) is 30.3 Å². The zero-order valence-corrected chi connectivity index (χ0v) is 14.3. The Hall–Kier alpha value is -2.69. The SMILES string of the molecule is COC1Cc2c(O)cc(O)cc2OC1c1ccc(OS(=O)(=O)O)c(O)c1. The van der Waals surface area contributed by atoms with Crippen molar-refractivity contribution in [2.24, 2.45) is 0 Å². The van der Waals surface area contributed by atoms with Crippen molar-refractivity contribution in [1.82, 2.24) is 0 Å². The van der Waals surface area contributed by atoms with Crippen molar-refractivity contribution in [2.75, 3.05) is 7.11 Å². The van der Waals surface area contributed by atoms with Gasteiger partial charge >= 0.3 is 10.4 Å². The molecular formula is C16H16O9S. The molecule has 9 nitrogen and oxygen atoms in total. The summed E-state index contributed by atoms with van der Waals surface area (Å²) in [5, 5.41) is 29.5. The van der Waals surface area contributed by atoms with Crippen LogP contribution in [-0.4, -0.2) is 41.5 Å². The molecule has 4 N–H and O–H groups in total. The summed E-state index contributed by atoms with van der Waals surface area (Å²) in [6, 6.07) is 6.35.